The zero-order valence-corrected chi connectivity index (χ0v) is 23.3. The van der Waals surface area contributed by atoms with Crippen LogP contribution in [0.2, 0.25) is 0 Å². The van der Waals surface area contributed by atoms with Crippen LogP contribution in [0, 0.1) is 5.41 Å². The van der Waals surface area contributed by atoms with E-state index in [4.69, 9.17) is 9.15 Å². The summed E-state index contributed by atoms with van der Waals surface area (Å²) in [6.45, 7) is 8.34. The quantitative estimate of drug-likeness (QED) is 0.435. The van der Waals surface area contributed by atoms with Gasteiger partial charge >= 0.3 is 0 Å². The molecule has 1 aromatic heterocycles. The highest BCUT2D eigenvalue weighted by molar-refractivity contribution is 6.13. The van der Waals surface area contributed by atoms with E-state index >= 15 is 0 Å². The van der Waals surface area contributed by atoms with Crippen molar-refractivity contribution < 1.29 is 23.5 Å². The molecule has 2 aromatic rings. The number of ketones is 1. The topological polar surface area (TPSA) is 118 Å². The van der Waals surface area contributed by atoms with Gasteiger partial charge < -0.3 is 24.3 Å². The molecule has 1 fully saturated rings. The highest BCUT2D eigenvalue weighted by Crippen LogP contribution is 2.35. The minimum Gasteiger partial charge on any atom is -0.420 e. The number of ether oxygens (including phenoxy) is 1. The summed E-state index contributed by atoms with van der Waals surface area (Å²) in [5.41, 5.74) is -0.826. The molecule has 0 aliphatic carbocycles. The highest BCUT2D eigenvalue weighted by Gasteiger charge is 2.46. The maximum atomic E-state index is 13.4. The number of carbonyl (C=O) groups is 3. The zero-order chi connectivity index (χ0) is 28.0. The van der Waals surface area contributed by atoms with Gasteiger partial charge in [0.2, 0.25) is 23.6 Å². The lowest BCUT2D eigenvalue weighted by Crippen LogP contribution is -2.55. The standard InChI is InChI=1S/C29H39N5O5/c1-5-28(6-2)23(35)12-15-34(27(28)37)19-18-33-16-13-29(14-17-33,26-32-31-24(39-26)20-38-4)30-25(36)21(3)22-10-8-7-9-11-22/h7-12,15,21H,5-6,13-14,16-20H2,1-4H3,(H,30,36). The van der Waals surface area contributed by atoms with Crippen LogP contribution in [0.15, 0.2) is 47.0 Å². The molecule has 3 heterocycles. The molecule has 0 saturated carbocycles. The van der Waals surface area contributed by atoms with Crippen LogP contribution in [0.4, 0.5) is 0 Å². The number of carbonyl (C=O) groups excluding carboxylic acids is 3. The van der Waals surface area contributed by atoms with E-state index in [0.717, 1.165) is 5.56 Å². The summed E-state index contributed by atoms with van der Waals surface area (Å²) in [6.07, 6.45) is 5.28. The Bertz CT molecular complexity index is 1180. The minimum absolute atomic E-state index is 0.106. The molecule has 1 unspecified atom stereocenters. The second-order valence-electron chi connectivity index (χ2n) is 10.4. The van der Waals surface area contributed by atoms with Crippen LogP contribution in [0.25, 0.3) is 0 Å². The van der Waals surface area contributed by atoms with E-state index < -0.39 is 11.0 Å². The molecule has 2 amide bonds. The van der Waals surface area contributed by atoms with Gasteiger partial charge in [-0.2, -0.15) is 0 Å². The first-order valence-corrected chi connectivity index (χ1v) is 13.7. The number of benzene rings is 1. The van der Waals surface area contributed by atoms with Crippen molar-refractivity contribution in [2.75, 3.05) is 33.3 Å². The van der Waals surface area contributed by atoms with Gasteiger partial charge in [0.15, 0.2) is 5.78 Å². The molecule has 0 spiro atoms. The molecule has 1 saturated heterocycles. The summed E-state index contributed by atoms with van der Waals surface area (Å²) >= 11 is 0. The Morgan fingerprint density at radius 2 is 1.79 bits per heavy atom. The predicted octanol–water partition coefficient (Wildman–Crippen LogP) is 3.16. The lowest BCUT2D eigenvalue weighted by atomic mass is 9.75. The monoisotopic (exact) mass is 537 g/mol. The van der Waals surface area contributed by atoms with E-state index in [9.17, 15) is 14.4 Å². The Balaban J connectivity index is 1.45. The third-order valence-electron chi connectivity index (χ3n) is 8.32. The average molecular weight is 538 g/mol. The minimum atomic E-state index is -0.955. The number of nitrogens with zero attached hydrogens (tertiary/aromatic N) is 4. The Kier molecular flexibility index (Phi) is 8.97. The summed E-state index contributed by atoms with van der Waals surface area (Å²) in [6, 6.07) is 9.66. The number of hydrogen-bond acceptors (Lipinski definition) is 8. The van der Waals surface area contributed by atoms with E-state index in [-0.39, 0.29) is 30.1 Å². The number of hydrogen-bond donors (Lipinski definition) is 1. The van der Waals surface area contributed by atoms with Crippen LogP contribution in [0.3, 0.4) is 0 Å². The van der Waals surface area contributed by atoms with E-state index in [1.807, 2.05) is 51.1 Å². The number of nitrogens with one attached hydrogen (secondary N) is 1. The van der Waals surface area contributed by atoms with E-state index in [0.29, 0.717) is 63.6 Å². The molecule has 1 aromatic carbocycles. The van der Waals surface area contributed by atoms with Crippen molar-refractivity contribution in [3.63, 3.8) is 0 Å². The predicted molar refractivity (Wildman–Crippen MR) is 144 cm³/mol. The van der Waals surface area contributed by atoms with Crippen LogP contribution >= 0.6 is 0 Å². The summed E-state index contributed by atoms with van der Waals surface area (Å²) in [5.74, 6) is 0.0605. The van der Waals surface area contributed by atoms with E-state index in [2.05, 4.69) is 20.4 Å². The molecule has 2 aliphatic rings. The maximum absolute atomic E-state index is 13.4. The summed E-state index contributed by atoms with van der Waals surface area (Å²) in [7, 11) is 1.56. The number of rotatable bonds is 11. The smallest absolute Gasteiger partial charge is 0.242 e. The molecule has 1 N–H and O–H groups in total. The normalized spacial score (nSPS) is 19.7. The number of allylic oxidation sites excluding steroid dienone is 1. The molecule has 10 heteroatoms. The first-order valence-electron chi connectivity index (χ1n) is 13.7. The van der Waals surface area contributed by atoms with E-state index in [1.165, 1.54) is 6.08 Å². The molecule has 4 rings (SSSR count). The molecule has 2 aliphatic heterocycles. The highest BCUT2D eigenvalue weighted by atomic mass is 16.5. The van der Waals surface area contributed by atoms with Crippen molar-refractivity contribution in [2.24, 2.45) is 5.41 Å². The van der Waals surface area contributed by atoms with Gasteiger partial charge in [0, 0.05) is 39.5 Å². The van der Waals surface area contributed by atoms with Gasteiger partial charge in [-0.1, -0.05) is 44.2 Å². The fourth-order valence-corrected chi connectivity index (χ4v) is 5.51. The molecular formula is C29H39N5O5. The molecule has 39 heavy (non-hydrogen) atoms. The van der Waals surface area contributed by atoms with Crippen molar-refractivity contribution in [1.29, 1.82) is 0 Å². The molecule has 0 radical (unpaired) electrons. The first kappa shape index (κ1) is 28.6. The van der Waals surface area contributed by atoms with Crippen molar-refractivity contribution in [2.45, 2.75) is 64.5 Å². The van der Waals surface area contributed by atoms with Crippen molar-refractivity contribution >= 4 is 17.6 Å². The van der Waals surface area contributed by atoms with Gasteiger partial charge in [-0.15, -0.1) is 10.2 Å². The summed E-state index contributed by atoms with van der Waals surface area (Å²) in [5, 5.41) is 11.6. The number of methoxy groups -OCH3 is 1. The van der Waals surface area contributed by atoms with Gasteiger partial charge in [0.05, 0.1) is 5.92 Å². The third-order valence-corrected chi connectivity index (χ3v) is 8.32. The first-order chi connectivity index (χ1) is 18.8. The fraction of sp³-hybridized carbons (Fsp3) is 0.552. The van der Waals surface area contributed by atoms with Crippen LogP contribution in [-0.4, -0.2) is 70.9 Å². The summed E-state index contributed by atoms with van der Waals surface area (Å²) in [4.78, 5) is 43.0. The largest absolute Gasteiger partial charge is 0.420 e. The number of likely N-dealkylation sites (tertiary alicyclic amines) is 1. The molecule has 10 nitrogen and oxygen atoms in total. The van der Waals surface area contributed by atoms with Crippen molar-refractivity contribution in [3.05, 3.63) is 60.0 Å². The Labute approximate surface area is 229 Å². The number of aromatic nitrogens is 2. The molecular weight excluding hydrogens is 498 g/mol. The van der Waals surface area contributed by atoms with Crippen molar-refractivity contribution in [3.8, 4) is 0 Å². The van der Waals surface area contributed by atoms with Crippen LogP contribution in [0.1, 0.15) is 69.7 Å². The fourth-order valence-electron chi connectivity index (χ4n) is 5.51. The number of piperidine rings is 1. The molecule has 0 bridgehead atoms. The third kappa shape index (κ3) is 5.81. The van der Waals surface area contributed by atoms with E-state index in [1.54, 1.807) is 18.2 Å². The maximum Gasteiger partial charge on any atom is 0.242 e. The second kappa shape index (κ2) is 12.2. The lowest BCUT2D eigenvalue weighted by Gasteiger charge is -2.41. The van der Waals surface area contributed by atoms with Gasteiger partial charge in [0.1, 0.15) is 17.6 Å². The van der Waals surface area contributed by atoms with Crippen molar-refractivity contribution in [1.82, 2.24) is 25.3 Å². The Hall–Kier alpha value is -3.37. The van der Waals surface area contributed by atoms with Gasteiger partial charge in [0.25, 0.3) is 0 Å². The molecule has 1 atom stereocenters. The second-order valence-corrected chi connectivity index (χ2v) is 10.4. The lowest BCUT2D eigenvalue weighted by molar-refractivity contribution is -0.148. The average Bonchev–Trinajstić information content (AvgIpc) is 3.44. The van der Waals surface area contributed by atoms with Gasteiger partial charge in [-0.25, -0.2) is 0 Å². The van der Waals surface area contributed by atoms with Gasteiger partial charge in [-0.05, 0) is 44.2 Å². The number of amides is 2. The van der Waals surface area contributed by atoms with Crippen LogP contribution in [-0.2, 0) is 31.3 Å². The van der Waals surface area contributed by atoms with Gasteiger partial charge in [-0.3, -0.25) is 14.4 Å². The summed E-state index contributed by atoms with van der Waals surface area (Å²) < 4.78 is 11.1. The zero-order valence-electron chi connectivity index (χ0n) is 23.3. The SMILES string of the molecule is CCC1(CC)C(=O)C=CN(CCN2CCC(NC(=O)C(C)c3ccccc3)(c3nnc(COC)o3)CC2)C1=O. The van der Waals surface area contributed by atoms with Crippen LogP contribution < -0.4 is 5.32 Å². The Morgan fingerprint density at radius 3 is 2.44 bits per heavy atom. The Morgan fingerprint density at radius 1 is 1.10 bits per heavy atom. The van der Waals surface area contributed by atoms with Crippen LogP contribution in [0.5, 0.6) is 0 Å². The molecule has 210 valence electrons.